The van der Waals surface area contributed by atoms with Crippen LogP contribution < -0.4 is 14.4 Å². The molecule has 0 N–H and O–H groups in total. The number of ether oxygens (including phenoxy) is 2. The lowest BCUT2D eigenvalue weighted by Crippen LogP contribution is -2.49. The van der Waals surface area contributed by atoms with Crippen LogP contribution in [-0.4, -0.2) is 62.6 Å². The first-order chi connectivity index (χ1) is 15.9. The number of halogens is 1. The Labute approximate surface area is 202 Å². The number of hydrogen-bond acceptors (Lipinski definition) is 7. The van der Waals surface area contributed by atoms with Crippen LogP contribution in [0.25, 0.3) is 11.3 Å². The number of nitrogens with zero attached hydrogens (tertiary/aromatic N) is 4. The molecule has 8 nitrogen and oxygen atoms in total. The zero-order valence-electron chi connectivity index (χ0n) is 18.4. The van der Waals surface area contributed by atoms with Crippen LogP contribution >= 0.6 is 15.9 Å². The second-order valence-electron chi connectivity index (χ2n) is 7.41. The Kier molecular flexibility index (Phi) is 7.16. The Balaban J connectivity index is 1.50. The monoisotopic (exact) mass is 532 g/mol. The van der Waals surface area contributed by atoms with Crippen molar-refractivity contribution in [1.29, 1.82) is 0 Å². The van der Waals surface area contributed by atoms with Crippen molar-refractivity contribution < 1.29 is 17.9 Å². The van der Waals surface area contributed by atoms with Gasteiger partial charge in [0, 0.05) is 42.3 Å². The predicted molar refractivity (Wildman–Crippen MR) is 130 cm³/mol. The van der Waals surface area contributed by atoms with Crippen LogP contribution in [0, 0.1) is 0 Å². The van der Waals surface area contributed by atoms with Crippen molar-refractivity contribution in [2.45, 2.75) is 11.8 Å². The Bertz CT molecular complexity index is 1210. The van der Waals surface area contributed by atoms with Crippen LogP contribution in [0.4, 0.5) is 5.82 Å². The summed E-state index contributed by atoms with van der Waals surface area (Å²) in [6.45, 7) is 3.97. The van der Waals surface area contributed by atoms with Gasteiger partial charge in [-0.3, -0.25) is 0 Å². The van der Waals surface area contributed by atoms with E-state index in [9.17, 15) is 8.42 Å². The molecule has 1 aliphatic rings. The lowest BCUT2D eigenvalue weighted by molar-refractivity contribution is 0.327. The summed E-state index contributed by atoms with van der Waals surface area (Å²) in [4.78, 5) is 11.1. The topological polar surface area (TPSA) is 84.9 Å². The first-order valence-electron chi connectivity index (χ1n) is 10.6. The highest BCUT2D eigenvalue weighted by Crippen LogP contribution is 2.31. The smallest absolute Gasteiger partial charge is 0.246 e. The Morgan fingerprint density at radius 2 is 1.73 bits per heavy atom. The number of aromatic nitrogens is 2. The molecule has 2 heterocycles. The maximum absolute atomic E-state index is 13.3. The molecule has 2 aromatic carbocycles. The summed E-state index contributed by atoms with van der Waals surface area (Å²) in [5.74, 6) is 1.91. The van der Waals surface area contributed by atoms with Crippen molar-refractivity contribution >= 4 is 31.8 Å². The minimum atomic E-state index is -3.69. The van der Waals surface area contributed by atoms with Gasteiger partial charge in [-0.25, -0.2) is 18.4 Å². The molecular formula is C23H25BrN4O4S. The molecule has 0 amide bonds. The molecule has 0 unspecified atom stereocenters. The van der Waals surface area contributed by atoms with Crippen molar-refractivity contribution in [3.8, 4) is 22.8 Å². The summed E-state index contributed by atoms with van der Waals surface area (Å²) in [6, 6.07) is 14.6. The second-order valence-corrected chi connectivity index (χ2v) is 10.2. The maximum atomic E-state index is 13.3. The van der Waals surface area contributed by atoms with Gasteiger partial charge in [-0.2, -0.15) is 4.31 Å². The lowest BCUT2D eigenvalue weighted by Gasteiger charge is -2.35. The predicted octanol–water partition coefficient (Wildman–Crippen LogP) is 3.82. The van der Waals surface area contributed by atoms with Crippen LogP contribution in [0.5, 0.6) is 11.5 Å². The fourth-order valence-corrected chi connectivity index (χ4v) is 5.79. The van der Waals surface area contributed by atoms with Crippen LogP contribution in [0.2, 0.25) is 0 Å². The Morgan fingerprint density at radius 1 is 1.00 bits per heavy atom. The summed E-state index contributed by atoms with van der Waals surface area (Å²) in [5, 5.41) is 0. The van der Waals surface area contributed by atoms with Gasteiger partial charge in [0.25, 0.3) is 0 Å². The number of benzene rings is 2. The summed E-state index contributed by atoms with van der Waals surface area (Å²) in [7, 11) is -2.06. The van der Waals surface area contributed by atoms with Crippen molar-refractivity contribution in [2.24, 2.45) is 0 Å². The van der Waals surface area contributed by atoms with Gasteiger partial charge in [0.1, 0.15) is 28.5 Å². The van der Waals surface area contributed by atoms with E-state index in [1.807, 2.05) is 37.3 Å². The van der Waals surface area contributed by atoms with Crippen LogP contribution in [0.15, 0.2) is 64.2 Å². The maximum Gasteiger partial charge on any atom is 0.246 e. The summed E-state index contributed by atoms with van der Waals surface area (Å²) in [5.41, 5.74) is 1.76. The van der Waals surface area contributed by atoms with E-state index >= 15 is 0 Å². The average molecular weight is 533 g/mol. The lowest BCUT2D eigenvalue weighted by atomic mass is 10.1. The molecule has 0 saturated carbocycles. The molecule has 0 atom stereocenters. The molecule has 174 valence electrons. The first kappa shape index (κ1) is 23.5. The normalized spacial score (nSPS) is 14.8. The SMILES string of the molecule is CCOc1ccc(Br)cc1S(=O)(=O)N1CCN(c2cc(-c3ccc(OC)cc3)ncn2)CC1. The van der Waals surface area contributed by atoms with E-state index in [4.69, 9.17) is 9.47 Å². The summed E-state index contributed by atoms with van der Waals surface area (Å²) in [6.07, 6.45) is 1.54. The zero-order valence-corrected chi connectivity index (χ0v) is 20.8. The van der Waals surface area contributed by atoms with Gasteiger partial charge < -0.3 is 14.4 Å². The molecule has 0 bridgehead atoms. The third-order valence-corrected chi connectivity index (χ3v) is 7.84. The molecule has 33 heavy (non-hydrogen) atoms. The van der Waals surface area contributed by atoms with E-state index in [2.05, 4.69) is 30.8 Å². The molecule has 1 aliphatic heterocycles. The van der Waals surface area contributed by atoms with Crippen molar-refractivity contribution in [3.05, 3.63) is 59.3 Å². The van der Waals surface area contributed by atoms with Crippen LogP contribution in [-0.2, 0) is 10.0 Å². The molecule has 0 aliphatic carbocycles. The molecule has 1 fully saturated rings. The highest BCUT2D eigenvalue weighted by Gasteiger charge is 2.31. The van der Waals surface area contributed by atoms with Gasteiger partial charge in [-0.05, 0) is 49.4 Å². The second kappa shape index (κ2) is 10.1. The number of hydrogen-bond donors (Lipinski definition) is 0. The van der Waals surface area contributed by atoms with E-state index in [1.165, 1.54) is 10.6 Å². The van der Waals surface area contributed by atoms with Crippen molar-refractivity contribution in [3.63, 3.8) is 0 Å². The van der Waals surface area contributed by atoms with Gasteiger partial charge in [0.05, 0.1) is 19.4 Å². The van der Waals surface area contributed by atoms with Gasteiger partial charge >= 0.3 is 0 Å². The molecule has 4 rings (SSSR count). The number of methoxy groups -OCH3 is 1. The van der Waals surface area contributed by atoms with E-state index in [1.54, 1.807) is 25.3 Å². The third-order valence-electron chi connectivity index (χ3n) is 5.42. The van der Waals surface area contributed by atoms with E-state index < -0.39 is 10.0 Å². The number of piperazine rings is 1. The van der Waals surface area contributed by atoms with E-state index in [0.717, 1.165) is 22.8 Å². The minimum absolute atomic E-state index is 0.177. The number of anilines is 1. The largest absolute Gasteiger partial charge is 0.497 e. The van der Waals surface area contributed by atoms with E-state index in [0.29, 0.717) is 43.0 Å². The fourth-order valence-electron chi connectivity index (χ4n) is 3.69. The standard InChI is InChI=1S/C23H25BrN4O4S/c1-3-32-21-9-6-18(24)14-22(21)33(29,30)28-12-10-27(11-13-28)23-15-20(25-16-26-23)17-4-7-19(31-2)8-5-17/h4-9,14-16H,3,10-13H2,1-2H3. The third kappa shape index (κ3) is 5.13. The fraction of sp³-hybridized carbons (Fsp3) is 0.304. The van der Waals surface area contributed by atoms with Gasteiger partial charge in [-0.15, -0.1) is 0 Å². The van der Waals surface area contributed by atoms with Gasteiger partial charge in [0.15, 0.2) is 0 Å². The molecule has 1 saturated heterocycles. The minimum Gasteiger partial charge on any atom is -0.497 e. The quantitative estimate of drug-likeness (QED) is 0.457. The average Bonchev–Trinajstić information content (AvgIpc) is 2.85. The Hall–Kier alpha value is -2.69. The summed E-state index contributed by atoms with van der Waals surface area (Å²) < 4.78 is 39.7. The van der Waals surface area contributed by atoms with E-state index in [-0.39, 0.29) is 4.90 Å². The molecule has 0 radical (unpaired) electrons. The van der Waals surface area contributed by atoms with Crippen molar-refractivity contribution in [2.75, 3.05) is 44.8 Å². The van der Waals surface area contributed by atoms with Crippen molar-refractivity contribution in [1.82, 2.24) is 14.3 Å². The molecule has 1 aromatic heterocycles. The number of rotatable bonds is 7. The highest BCUT2D eigenvalue weighted by atomic mass is 79.9. The van der Waals surface area contributed by atoms with Gasteiger partial charge in [0.2, 0.25) is 10.0 Å². The summed E-state index contributed by atoms with van der Waals surface area (Å²) >= 11 is 3.37. The molecular weight excluding hydrogens is 508 g/mol. The first-order valence-corrected chi connectivity index (χ1v) is 12.8. The Morgan fingerprint density at radius 3 is 2.39 bits per heavy atom. The highest BCUT2D eigenvalue weighted by molar-refractivity contribution is 9.10. The molecule has 10 heteroatoms. The molecule has 0 spiro atoms. The molecule has 3 aromatic rings. The van der Waals surface area contributed by atoms with Crippen LogP contribution in [0.1, 0.15) is 6.92 Å². The van der Waals surface area contributed by atoms with Crippen LogP contribution in [0.3, 0.4) is 0 Å². The van der Waals surface area contributed by atoms with Gasteiger partial charge in [-0.1, -0.05) is 15.9 Å². The zero-order chi connectivity index (χ0) is 23.4. The number of sulfonamides is 1.